The fourth-order valence-corrected chi connectivity index (χ4v) is 0.852. The van der Waals surface area contributed by atoms with Crippen LogP contribution in [0.2, 0.25) is 0 Å². The van der Waals surface area contributed by atoms with Crippen molar-refractivity contribution >= 4 is 0 Å². The van der Waals surface area contributed by atoms with Crippen molar-refractivity contribution in [1.82, 2.24) is 0 Å². The second-order valence-electron chi connectivity index (χ2n) is 2.91. The monoisotopic (exact) mass is 185 g/mol. The number of rotatable bonds is 4. The molecule has 0 bridgehead atoms. The van der Waals surface area contributed by atoms with E-state index in [1.54, 1.807) is 0 Å². The van der Waals surface area contributed by atoms with E-state index in [1.807, 2.05) is 0 Å². The number of nitrogens with two attached hydrogens (primary N) is 1. The Hall–Kier alpha value is -0.290. The van der Waals surface area contributed by atoms with Crippen LogP contribution in [0, 0.1) is 5.92 Å². The quantitative estimate of drug-likeness (QED) is 0.693. The molecular weight excluding hydrogens is 171 g/mol. The maximum atomic E-state index is 11.9. The molecule has 2 atom stereocenters. The van der Waals surface area contributed by atoms with Crippen LogP contribution in [0.25, 0.3) is 0 Å². The zero-order valence-corrected chi connectivity index (χ0v) is 6.93. The molecule has 0 aromatic rings. The van der Waals surface area contributed by atoms with Gasteiger partial charge in [0.1, 0.15) is 0 Å². The Morgan fingerprint density at radius 3 is 2.25 bits per heavy atom. The van der Waals surface area contributed by atoms with Crippen LogP contribution in [-0.2, 0) is 0 Å². The predicted octanol–water partition coefficient (Wildman–Crippen LogP) is 1.28. The van der Waals surface area contributed by atoms with E-state index in [0.717, 1.165) is 6.92 Å². The number of halogens is 3. The number of hydrogen-bond acceptors (Lipinski definition) is 2. The lowest BCUT2D eigenvalue weighted by Gasteiger charge is -2.18. The summed E-state index contributed by atoms with van der Waals surface area (Å²) in [4.78, 5) is 0. The van der Waals surface area contributed by atoms with Gasteiger partial charge in [-0.2, -0.15) is 13.2 Å². The Kier molecular flexibility index (Phi) is 4.55. The lowest BCUT2D eigenvalue weighted by atomic mass is 10.0. The van der Waals surface area contributed by atoms with E-state index in [4.69, 9.17) is 10.8 Å². The molecule has 0 heterocycles. The summed E-state index contributed by atoms with van der Waals surface area (Å²) in [6.07, 6.45) is -5.19. The molecule has 0 saturated carbocycles. The summed E-state index contributed by atoms with van der Waals surface area (Å²) in [5, 5.41) is 9.00. The van der Waals surface area contributed by atoms with Gasteiger partial charge in [0, 0.05) is 0 Å². The first-order valence-corrected chi connectivity index (χ1v) is 3.82. The molecule has 0 aliphatic heterocycles. The zero-order valence-electron chi connectivity index (χ0n) is 6.93. The normalized spacial score (nSPS) is 17.5. The van der Waals surface area contributed by atoms with E-state index in [1.165, 1.54) is 0 Å². The average molecular weight is 185 g/mol. The Morgan fingerprint density at radius 1 is 1.42 bits per heavy atom. The number of hydrogen-bond donors (Lipinski definition) is 2. The van der Waals surface area contributed by atoms with Crippen LogP contribution in [0.3, 0.4) is 0 Å². The molecular formula is C7H14F3NO. The van der Waals surface area contributed by atoms with E-state index >= 15 is 0 Å². The number of aliphatic hydroxyl groups is 1. The minimum Gasteiger partial charge on any atom is -0.393 e. The van der Waals surface area contributed by atoms with Gasteiger partial charge in [0.25, 0.3) is 0 Å². The molecule has 3 N–H and O–H groups in total. The predicted molar refractivity (Wildman–Crippen MR) is 39.5 cm³/mol. The minimum atomic E-state index is -4.21. The molecule has 0 saturated heterocycles. The third-order valence-corrected chi connectivity index (χ3v) is 1.68. The van der Waals surface area contributed by atoms with Crippen molar-refractivity contribution in [3.05, 3.63) is 0 Å². The van der Waals surface area contributed by atoms with Crippen molar-refractivity contribution in [2.24, 2.45) is 11.7 Å². The molecule has 0 aliphatic carbocycles. The van der Waals surface area contributed by atoms with Gasteiger partial charge < -0.3 is 10.8 Å². The van der Waals surface area contributed by atoms with E-state index in [9.17, 15) is 13.2 Å². The molecule has 0 aliphatic rings. The Bertz CT molecular complexity index is 126. The van der Waals surface area contributed by atoms with Crippen molar-refractivity contribution in [2.45, 2.75) is 32.0 Å². The van der Waals surface area contributed by atoms with E-state index in [0.29, 0.717) is 0 Å². The first-order valence-electron chi connectivity index (χ1n) is 3.82. The largest absolute Gasteiger partial charge is 0.393 e. The summed E-state index contributed by atoms with van der Waals surface area (Å²) in [6, 6.07) is 0. The third-order valence-electron chi connectivity index (χ3n) is 1.68. The molecule has 2 unspecified atom stereocenters. The zero-order chi connectivity index (χ0) is 9.78. The highest BCUT2D eigenvalue weighted by Crippen LogP contribution is 2.29. The topological polar surface area (TPSA) is 46.2 Å². The maximum absolute atomic E-state index is 11.9. The fourth-order valence-electron chi connectivity index (χ4n) is 0.852. The molecule has 0 aromatic carbocycles. The number of alkyl halides is 3. The van der Waals surface area contributed by atoms with Gasteiger partial charge in [0.15, 0.2) is 0 Å². The van der Waals surface area contributed by atoms with E-state index < -0.39 is 18.2 Å². The Morgan fingerprint density at radius 2 is 1.92 bits per heavy atom. The highest BCUT2D eigenvalue weighted by atomic mass is 19.4. The third kappa shape index (κ3) is 4.56. The van der Waals surface area contributed by atoms with Crippen LogP contribution in [-0.4, -0.2) is 23.9 Å². The molecule has 0 aromatic heterocycles. The van der Waals surface area contributed by atoms with E-state index in [2.05, 4.69) is 0 Å². The molecule has 12 heavy (non-hydrogen) atoms. The van der Waals surface area contributed by atoms with Crippen LogP contribution in [0.5, 0.6) is 0 Å². The Balaban J connectivity index is 3.76. The maximum Gasteiger partial charge on any atom is 0.391 e. The molecule has 0 spiro atoms. The summed E-state index contributed by atoms with van der Waals surface area (Å²) >= 11 is 0. The summed E-state index contributed by atoms with van der Waals surface area (Å²) in [5.41, 5.74) is 5.07. The lowest BCUT2D eigenvalue weighted by molar-refractivity contribution is -0.176. The molecule has 0 fully saturated rings. The van der Waals surface area contributed by atoms with Gasteiger partial charge in [-0.15, -0.1) is 0 Å². The van der Waals surface area contributed by atoms with Gasteiger partial charge in [0.2, 0.25) is 0 Å². The smallest absolute Gasteiger partial charge is 0.391 e. The van der Waals surface area contributed by atoms with Gasteiger partial charge >= 0.3 is 6.18 Å². The Labute approximate surface area is 69.6 Å². The van der Waals surface area contributed by atoms with Gasteiger partial charge in [0.05, 0.1) is 12.0 Å². The molecule has 2 nitrogen and oxygen atoms in total. The molecule has 5 heteroatoms. The SMILES string of the molecule is CC(CC(O)CCN)C(F)(F)F. The summed E-state index contributed by atoms with van der Waals surface area (Å²) in [6.45, 7) is 1.27. The highest BCUT2D eigenvalue weighted by Gasteiger charge is 2.36. The van der Waals surface area contributed by atoms with Crippen LogP contribution in [0.1, 0.15) is 19.8 Å². The van der Waals surface area contributed by atoms with Gasteiger partial charge in [-0.1, -0.05) is 6.92 Å². The second-order valence-corrected chi connectivity index (χ2v) is 2.91. The highest BCUT2D eigenvalue weighted by molar-refractivity contribution is 4.67. The van der Waals surface area contributed by atoms with Gasteiger partial charge in [-0.05, 0) is 19.4 Å². The van der Waals surface area contributed by atoms with Gasteiger partial charge in [-0.25, -0.2) is 0 Å². The van der Waals surface area contributed by atoms with Crippen molar-refractivity contribution in [3.63, 3.8) is 0 Å². The number of aliphatic hydroxyl groups excluding tert-OH is 1. The molecule has 0 rings (SSSR count). The van der Waals surface area contributed by atoms with Crippen LogP contribution >= 0.6 is 0 Å². The van der Waals surface area contributed by atoms with Crippen molar-refractivity contribution in [2.75, 3.05) is 6.54 Å². The van der Waals surface area contributed by atoms with Crippen LogP contribution in [0.15, 0.2) is 0 Å². The van der Waals surface area contributed by atoms with Crippen molar-refractivity contribution in [3.8, 4) is 0 Å². The second kappa shape index (κ2) is 4.67. The first-order chi connectivity index (χ1) is 5.38. The first kappa shape index (κ1) is 11.7. The molecule has 0 amide bonds. The van der Waals surface area contributed by atoms with Crippen molar-refractivity contribution < 1.29 is 18.3 Å². The standard InChI is InChI=1S/C7H14F3NO/c1-5(7(8,9)10)4-6(12)2-3-11/h5-6,12H,2-4,11H2,1H3. The minimum absolute atomic E-state index is 0.214. The van der Waals surface area contributed by atoms with Gasteiger partial charge in [-0.3, -0.25) is 0 Å². The fraction of sp³-hybridized carbons (Fsp3) is 1.00. The molecule has 0 radical (unpaired) electrons. The summed E-state index contributed by atoms with van der Waals surface area (Å²) in [5.74, 6) is -1.46. The lowest BCUT2D eigenvalue weighted by Crippen LogP contribution is -2.25. The van der Waals surface area contributed by atoms with Crippen molar-refractivity contribution in [1.29, 1.82) is 0 Å². The average Bonchev–Trinajstić information content (AvgIpc) is 1.85. The van der Waals surface area contributed by atoms with Crippen LogP contribution in [0.4, 0.5) is 13.2 Å². The molecule has 74 valence electrons. The summed E-state index contributed by atoms with van der Waals surface area (Å²) < 4.78 is 35.7. The van der Waals surface area contributed by atoms with E-state index in [-0.39, 0.29) is 19.4 Å². The van der Waals surface area contributed by atoms with Crippen LogP contribution < -0.4 is 5.73 Å². The summed E-state index contributed by atoms with van der Waals surface area (Å²) in [7, 11) is 0.